The van der Waals surface area contributed by atoms with Crippen LogP contribution in [0.15, 0.2) is 48.7 Å². The number of aryl methyl sites for hydroxylation is 1. The lowest BCUT2D eigenvalue weighted by Crippen LogP contribution is -1.99. The van der Waals surface area contributed by atoms with Crippen LogP contribution in [0.3, 0.4) is 0 Å². The number of esters is 1. The Morgan fingerprint density at radius 3 is 2.67 bits per heavy atom. The smallest absolute Gasteiger partial charge is 0.348 e. The first-order valence-electron chi connectivity index (χ1n) is 7.35. The Kier molecular flexibility index (Phi) is 4.53. The van der Waals surface area contributed by atoms with Gasteiger partial charge in [-0.25, -0.2) is 9.78 Å². The van der Waals surface area contributed by atoms with Crippen LogP contribution >= 0.6 is 11.3 Å². The molecule has 0 saturated carbocycles. The van der Waals surface area contributed by atoms with E-state index in [1.165, 1.54) is 30.7 Å². The molecular weight excluding hydrogens is 322 g/mol. The maximum atomic E-state index is 12.4. The highest BCUT2D eigenvalue weighted by Gasteiger charge is 2.17. The van der Waals surface area contributed by atoms with Gasteiger partial charge in [0.2, 0.25) is 0 Å². The Morgan fingerprint density at radius 1 is 1.21 bits per heavy atom. The third kappa shape index (κ3) is 3.12. The Hall–Kier alpha value is -2.79. The van der Waals surface area contributed by atoms with Crippen molar-refractivity contribution in [2.45, 2.75) is 6.92 Å². The standard InChI is InChI=1S/C19H15NO3S/c1-12-15-10-14(11-20-18(15)24-17(12)19(22)23-2)16(21)9-8-13-6-4-3-5-7-13/h3-11H,1-2H3/b9-8+. The van der Waals surface area contributed by atoms with Gasteiger partial charge < -0.3 is 4.74 Å². The molecule has 0 atom stereocenters. The van der Waals surface area contributed by atoms with Crippen molar-refractivity contribution in [3.63, 3.8) is 0 Å². The fraction of sp³-hybridized carbons (Fsp3) is 0.105. The van der Waals surface area contributed by atoms with Crippen molar-refractivity contribution in [2.75, 3.05) is 7.11 Å². The summed E-state index contributed by atoms with van der Waals surface area (Å²) in [6.07, 6.45) is 4.84. The maximum absolute atomic E-state index is 12.4. The molecule has 0 bridgehead atoms. The van der Waals surface area contributed by atoms with E-state index < -0.39 is 0 Å². The molecule has 2 heterocycles. The lowest BCUT2D eigenvalue weighted by atomic mass is 10.1. The quantitative estimate of drug-likeness (QED) is 0.405. The zero-order chi connectivity index (χ0) is 17.1. The number of pyridine rings is 1. The minimum atomic E-state index is -0.382. The first kappa shape index (κ1) is 16.1. The van der Waals surface area contributed by atoms with E-state index in [0.29, 0.717) is 10.4 Å². The number of ether oxygens (including phenoxy) is 1. The SMILES string of the molecule is COC(=O)c1sc2ncc(C(=O)/C=C/c3ccccc3)cc2c1C. The fourth-order valence-electron chi connectivity index (χ4n) is 2.35. The van der Waals surface area contributed by atoms with Crippen molar-refractivity contribution in [1.82, 2.24) is 4.98 Å². The van der Waals surface area contributed by atoms with Gasteiger partial charge in [-0.05, 0) is 30.2 Å². The van der Waals surface area contributed by atoms with Gasteiger partial charge >= 0.3 is 5.97 Å². The van der Waals surface area contributed by atoms with Crippen LogP contribution in [0.1, 0.15) is 31.2 Å². The molecule has 0 saturated heterocycles. The summed E-state index contributed by atoms with van der Waals surface area (Å²) < 4.78 is 4.78. The van der Waals surface area contributed by atoms with Crippen molar-refractivity contribution < 1.29 is 14.3 Å². The second kappa shape index (κ2) is 6.76. The average molecular weight is 337 g/mol. The Morgan fingerprint density at radius 2 is 1.96 bits per heavy atom. The number of nitrogens with zero attached hydrogens (tertiary/aromatic N) is 1. The van der Waals surface area contributed by atoms with Crippen LogP contribution in [0.5, 0.6) is 0 Å². The molecule has 120 valence electrons. The molecule has 4 nitrogen and oxygen atoms in total. The van der Waals surface area contributed by atoms with Gasteiger partial charge in [-0.2, -0.15) is 0 Å². The minimum Gasteiger partial charge on any atom is -0.465 e. The van der Waals surface area contributed by atoms with Crippen LogP contribution in [-0.2, 0) is 4.74 Å². The molecule has 0 radical (unpaired) electrons. The second-order valence-electron chi connectivity index (χ2n) is 5.23. The normalized spacial score (nSPS) is 11.1. The summed E-state index contributed by atoms with van der Waals surface area (Å²) in [7, 11) is 1.35. The summed E-state index contributed by atoms with van der Waals surface area (Å²) in [5.74, 6) is -0.508. The predicted molar refractivity (Wildman–Crippen MR) is 95.5 cm³/mol. The molecular formula is C19H15NO3S. The summed E-state index contributed by atoms with van der Waals surface area (Å²) in [5, 5.41) is 0.805. The molecule has 0 amide bonds. The van der Waals surface area contributed by atoms with Crippen molar-refractivity contribution >= 4 is 39.4 Å². The number of benzene rings is 1. The molecule has 0 aliphatic heterocycles. The number of aromatic nitrogens is 1. The van der Waals surface area contributed by atoms with Crippen molar-refractivity contribution in [1.29, 1.82) is 0 Å². The van der Waals surface area contributed by atoms with Crippen LogP contribution in [0.4, 0.5) is 0 Å². The summed E-state index contributed by atoms with van der Waals surface area (Å²) in [6.45, 7) is 1.83. The van der Waals surface area contributed by atoms with Gasteiger partial charge in [0.1, 0.15) is 9.71 Å². The number of rotatable bonds is 4. The number of thiophene rings is 1. The van der Waals surface area contributed by atoms with E-state index in [-0.39, 0.29) is 11.8 Å². The highest BCUT2D eigenvalue weighted by Crippen LogP contribution is 2.30. The van der Waals surface area contributed by atoms with E-state index in [9.17, 15) is 9.59 Å². The second-order valence-corrected chi connectivity index (χ2v) is 6.23. The molecule has 24 heavy (non-hydrogen) atoms. The molecule has 0 N–H and O–H groups in total. The molecule has 0 fully saturated rings. The summed E-state index contributed by atoms with van der Waals surface area (Å²) in [4.78, 5) is 29.7. The summed E-state index contributed by atoms with van der Waals surface area (Å²) >= 11 is 1.27. The largest absolute Gasteiger partial charge is 0.465 e. The number of hydrogen-bond acceptors (Lipinski definition) is 5. The van der Waals surface area contributed by atoms with Gasteiger partial charge in [-0.3, -0.25) is 4.79 Å². The van der Waals surface area contributed by atoms with Crippen molar-refractivity contribution in [2.24, 2.45) is 0 Å². The first-order chi connectivity index (χ1) is 11.6. The van der Waals surface area contributed by atoms with E-state index in [2.05, 4.69) is 4.98 Å². The molecule has 0 aliphatic carbocycles. The number of allylic oxidation sites excluding steroid dienone is 1. The minimum absolute atomic E-state index is 0.126. The average Bonchev–Trinajstić information content (AvgIpc) is 2.96. The lowest BCUT2D eigenvalue weighted by Gasteiger charge is -1.98. The number of ketones is 1. The van der Waals surface area contributed by atoms with Crippen LogP contribution in [0.2, 0.25) is 0 Å². The summed E-state index contributed by atoms with van der Waals surface area (Å²) in [5.41, 5.74) is 2.24. The van der Waals surface area contributed by atoms with Gasteiger partial charge in [-0.15, -0.1) is 11.3 Å². The highest BCUT2D eigenvalue weighted by atomic mass is 32.1. The number of methoxy groups -OCH3 is 1. The zero-order valence-electron chi connectivity index (χ0n) is 13.3. The first-order valence-corrected chi connectivity index (χ1v) is 8.16. The molecule has 2 aromatic heterocycles. The fourth-order valence-corrected chi connectivity index (χ4v) is 3.40. The Balaban J connectivity index is 1.93. The molecule has 5 heteroatoms. The van der Waals surface area contributed by atoms with E-state index >= 15 is 0 Å². The zero-order valence-corrected chi connectivity index (χ0v) is 14.1. The van der Waals surface area contributed by atoms with Crippen molar-refractivity contribution in [3.05, 3.63) is 70.2 Å². The van der Waals surface area contributed by atoms with E-state index in [4.69, 9.17) is 4.74 Å². The number of hydrogen-bond donors (Lipinski definition) is 0. The third-order valence-electron chi connectivity index (χ3n) is 3.68. The van der Waals surface area contributed by atoms with E-state index in [0.717, 1.165) is 21.3 Å². The van der Waals surface area contributed by atoms with Gasteiger partial charge in [0.25, 0.3) is 0 Å². The molecule has 0 spiro atoms. The van der Waals surface area contributed by atoms with Gasteiger partial charge in [0.05, 0.1) is 7.11 Å². The topological polar surface area (TPSA) is 56.3 Å². The van der Waals surface area contributed by atoms with E-state index in [1.807, 2.05) is 37.3 Å². The number of fused-ring (bicyclic) bond motifs is 1. The van der Waals surface area contributed by atoms with Crippen LogP contribution < -0.4 is 0 Å². The van der Waals surface area contributed by atoms with E-state index in [1.54, 1.807) is 12.1 Å². The highest BCUT2D eigenvalue weighted by molar-refractivity contribution is 7.20. The van der Waals surface area contributed by atoms with Gasteiger partial charge in [-0.1, -0.05) is 36.4 Å². The molecule has 0 aliphatic rings. The molecule has 1 aromatic carbocycles. The lowest BCUT2D eigenvalue weighted by molar-refractivity contribution is 0.0605. The van der Waals surface area contributed by atoms with Crippen molar-refractivity contribution in [3.8, 4) is 0 Å². The van der Waals surface area contributed by atoms with Gasteiger partial charge in [0.15, 0.2) is 5.78 Å². The number of carbonyl (C=O) groups is 2. The van der Waals surface area contributed by atoms with Crippen LogP contribution in [-0.4, -0.2) is 23.8 Å². The van der Waals surface area contributed by atoms with Crippen LogP contribution in [0.25, 0.3) is 16.3 Å². The van der Waals surface area contributed by atoms with Gasteiger partial charge in [0, 0.05) is 17.1 Å². The molecule has 3 aromatic rings. The Labute approximate surface area is 143 Å². The predicted octanol–water partition coefficient (Wildman–Crippen LogP) is 4.29. The summed E-state index contributed by atoms with van der Waals surface area (Å²) in [6, 6.07) is 11.4. The molecule has 3 rings (SSSR count). The maximum Gasteiger partial charge on any atom is 0.348 e. The third-order valence-corrected chi connectivity index (χ3v) is 4.87. The number of carbonyl (C=O) groups excluding carboxylic acids is 2. The van der Waals surface area contributed by atoms with Crippen LogP contribution in [0, 0.1) is 6.92 Å². The monoisotopic (exact) mass is 337 g/mol. The molecule has 0 unspecified atom stereocenters. The Bertz CT molecular complexity index is 942.